The van der Waals surface area contributed by atoms with Crippen molar-refractivity contribution in [1.82, 2.24) is 10.2 Å². The molecule has 0 aromatic heterocycles. The number of carboxylic acids is 1. The van der Waals surface area contributed by atoms with Gasteiger partial charge in [0.05, 0.1) is 0 Å². The van der Waals surface area contributed by atoms with Crippen LogP contribution >= 0.6 is 0 Å². The normalized spacial score (nSPS) is 30.4. The van der Waals surface area contributed by atoms with Gasteiger partial charge in [-0.2, -0.15) is 0 Å². The van der Waals surface area contributed by atoms with Gasteiger partial charge < -0.3 is 5.11 Å². The van der Waals surface area contributed by atoms with Crippen LogP contribution in [0.4, 0.5) is 0 Å². The van der Waals surface area contributed by atoms with Crippen LogP contribution in [-0.2, 0) is 11.3 Å². The number of benzene rings is 1. The molecule has 0 spiro atoms. The van der Waals surface area contributed by atoms with E-state index in [0.717, 1.165) is 31.5 Å². The van der Waals surface area contributed by atoms with Crippen molar-refractivity contribution in [1.29, 1.82) is 0 Å². The van der Waals surface area contributed by atoms with E-state index in [9.17, 15) is 9.90 Å². The molecule has 2 aliphatic rings. The van der Waals surface area contributed by atoms with Crippen LogP contribution in [0.1, 0.15) is 24.8 Å². The van der Waals surface area contributed by atoms with Crippen molar-refractivity contribution in [3.05, 3.63) is 35.9 Å². The monoisotopic (exact) mass is 260 g/mol. The number of hydrogen-bond donors (Lipinski definition) is 2. The summed E-state index contributed by atoms with van der Waals surface area (Å²) in [4.78, 5) is 14.1. The molecule has 102 valence electrons. The minimum absolute atomic E-state index is 0.161. The molecular weight excluding hydrogens is 240 g/mol. The van der Waals surface area contributed by atoms with Crippen LogP contribution in [0.5, 0.6) is 0 Å². The first-order valence-corrected chi connectivity index (χ1v) is 6.99. The molecular formula is C15H20N2O2. The van der Waals surface area contributed by atoms with Crippen LogP contribution in [0.15, 0.2) is 30.3 Å². The highest BCUT2D eigenvalue weighted by Crippen LogP contribution is 2.36. The van der Waals surface area contributed by atoms with Gasteiger partial charge in [0.2, 0.25) is 0 Å². The summed E-state index contributed by atoms with van der Waals surface area (Å²) in [6, 6.07) is 10.2. The Labute approximate surface area is 113 Å². The van der Waals surface area contributed by atoms with Crippen molar-refractivity contribution in [3.8, 4) is 0 Å². The standard InChI is InChI=1S/C15H20N2O2/c18-14(19)15(8-10-17-9-4-7-13(15)17)16-11-12-5-2-1-3-6-12/h1-3,5-6,13,16H,4,7-11H2,(H,18,19). The fourth-order valence-electron chi connectivity index (χ4n) is 3.53. The zero-order chi connectivity index (χ0) is 13.3. The molecule has 2 unspecified atom stereocenters. The van der Waals surface area contributed by atoms with E-state index in [1.54, 1.807) is 0 Å². The zero-order valence-corrected chi connectivity index (χ0v) is 11.0. The number of carbonyl (C=O) groups is 1. The number of nitrogens with zero attached hydrogens (tertiary/aromatic N) is 1. The quantitative estimate of drug-likeness (QED) is 0.860. The molecule has 1 aromatic rings. The predicted octanol–water partition coefficient (Wildman–Crippen LogP) is 1.47. The van der Waals surface area contributed by atoms with Crippen molar-refractivity contribution in [2.45, 2.75) is 37.4 Å². The maximum absolute atomic E-state index is 11.8. The number of aliphatic carboxylic acids is 1. The molecule has 2 heterocycles. The average molecular weight is 260 g/mol. The van der Waals surface area contributed by atoms with E-state index in [1.165, 1.54) is 0 Å². The Kier molecular flexibility index (Phi) is 3.29. The van der Waals surface area contributed by atoms with Crippen molar-refractivity contribution < 1.29 is 9.90 Å². The molecule has 4 nitrogen and oxygen atoms in total. The van der Waals surface area contributed by atoms with Gasteiger partial charge in [-0.05, 0) is 31.4 Å². The van der Waals surface area contributed by atoms with E-state index in [-0.39, 0.29) is 6.04 Å². The van der Waals surface area contributed by atoms with Crippen molar-refractivity contribution in [2.24, 2.45) is 0 Å². The van der Waals surface area contributed by atoms with Crippen LogP contribution in [0, 0.1) is 0 Å². The lowest BCUT2D eigenvalue weighted by Gasteiger charge is -2.32. The molecule has 3 rings (SSSR count). The second-order valence-electron chi connectivity index (χ2n) is 5.56. The van der Waals surface area contributed by atoms with Gasteiger partial charge >= 0.3 is 5.97 Å². The highest BCUT2D eigenvalue weighted by molar-refractivity contribution is 5.80. The van der Waals surface area contributed by atoms with Crippen LogP contribution in [0.2, 0.25) is 0 Å². The SMILES string of the molecule is O=C(O)C1(NCc2ccccc2)CCN2CCCC21. The Hall–Kier alpha value is -1.39. The van der Waals surface area contributed by atoms with Crippen LogP contribution in [0.25, 0.3) is 0 Å². The Morgan fingerprint density at radius 1 is 1.37 bits per heavy atom. The molecule has 2 fully saturated rings. The Morgan fingerprint density at radius 3 is 2.89 bits per heavy atom. The Balaban J connectivity index is 1.76. The van der Waals surface area contributed by atoms with Crippen molar-refractivity contribution in [3.63, 3.8) is 0 Å². The average Bonchev–Trinajstić information content (AvgIpc) is 3.00. The summed E-state index contributed by atoms with van der Waals surface area (Å²) >= 11 is 0. The predicted molar refractivity (Wildman–Crippen MR) is 72.9 cm³/mol. The molecule has 0 aliphatic carbocycles. The van der Waals surface area contributed by atoms with Gasteiger partial charge in [0.15, 0.2) is 0 Å². The molecule has 4 heteroatoms. The minimum Gasteiger partial charge on any atom is -0.480 e. The molecule has 2 N–H and O–H groups in total. The molecule has 2 saturated heterocycles. The smallest absolute Gasteiger partial charge is 0.325 e. The summed E-state index contributed by atoms with van der Waals surface area (Å²) in [5.74, 6) is -0.696. The Bertz CT molecular complexity index is 462. The molecule has 1 aromatic carbocycles. The molecule has 2 atom stereocenters. The van der Waals surface area contributed by atoms with Gasteiger partial charge in [-0.3, -0.25) is 15.0 Å². The van der Waals surface area contributed by atoms with Gasteiger partial charge in [-0.1, -0.05) is 30.3 Å². The van der Waals surface area contributed by atoms with Gasteiger partial charge in [0.25, 0.3) is 0 Å². The molecule has 2 aliphatic heterocycles. The summed E-state index contributed by atoms with van der Waals surface area (Å²) in [6.07, 6.45) is 2.82. The fraction of sp³-hybridized carbons (Fsp3) is 0.533. The van der Waals surface area contributed by atoms with Crippen LogP contribution in [0.3, 0.4) is 0 Å². The number of rotatable bonds is 4. The molecule has 0 bridgehead atoms. The second kappa shape index (κ2) is 4.94. The van der Waals surface area contributed by atoms with Gasteiger partial charge in [-0.25, -0.2) is 0 Å². The number of nitrogens with one attached hydrogen (secondary N) is 1. The first kappa shape index (κ1) is 12.6. The fourth-order valence-corrected chi connectivity index (χ4v) is 3.53. The van der Waals surface area contributed by atoms with Gasteiger partial charge in [-0.15, -0.1) is 0 Å². The molecule has 0 radical (unpaired) electrons. The maximum atomic E-state index is 11.8. The lowest BCUT2D eigenvalue weighted by Crippen LogP contribution is -2.58. The number of carboxylic acid groups (broad SMARTS) is 1. The summed E-state index contributed by atoms with van der Waals surface area (Å²) in [6.45, 7) is 2.57. The minimum atomic E-state index is -0.758. The third-order valence-electron chi connectivity index (χ3n) is 4.56. The van der Waals surface area contributed by atoms with Gasteiger partial charge in [0, 0.05) is 19.1 Å². The van der Waals surface area contributed by atoms with Crippen molar-refractivity contribution >= 4 is 5.97 Å². The lowest BCUT2D eigenvalue weighted by molar-refractivity contribution is -0.145. The zero-order valence-electron chi connectivity index (χ0n) is 11.0. The van der Waals surface area contributed by atoms with E-state index in [2.05, 4.69) is 10.2 Å². The van der Waals surface area contributed by atoms with Gasteiger partial charge in [0.1, 0.15) is 5.54 Å². The van der Waals surface area contributed by atoms with E-state index in [0.29, 0.717) is 13.0 Å². The maximum Gasteiger partial charge on any atom is 0.325 e. The topological polar surface area (TPSA) is 52.6 Å². The largest absolute Gasteiger partial charge is 0.480 e. The first-order chi connectivity index (χ1) is 9.22. The van der Waals surface area contributed by atoms with E-state index in [4.69, 9.17) is 0 Å². The first-order valence-electron chi connectivity index (χ1n) is 6.99. The third-order valence-corrected chi connectivity index (χ3v) is 4.56. The summed E-state index contributed by atoms with van der Waals surface area (Å²) in [5, 5.41) is 13.0. The molecule has 0 amide bonds. The molecule has 19 heavy (non-hydrogen) atoms. The lowest BCUT2D eigenvalue weighted by atomic mass is 9.88. The number of hydrogen-bond acceptors (Lipinski definition) is 3. The van der Waals surface area contributed by atoms with Crippen molar-refractivity contribution in [2.75, 3.05) is 13.1 Å². The highest BCUT2D eigenvalue weighted by atomic mass is 16.4. The second-order valence-corrected chi connectivity index (χ2v) is 5.56. The summed E-state index contributed by atoms with van der Waals surface area (Å²) < 4.78 is 0. The van der Waals surface area contributed by atoms with E-state index < -0.39 is 11.5 Å². The molecule has 0 saturated carbocycles. The van der Waals surface area contributed by atoms with Crippen LogP contribution in [-0.4, -0.2) is 40.6 Å². The van der Waals surface area contributed by atoms with E-state index >= 15 is 0 Å². The summed E-state index contributed by atoms with van der Waals surface area (Å²) in [7, 11) is 0. The Morgan fingerprint density at radius 2 is 2.16 bits per heavy atom. The summed E-state index contributed by atoms with van der Waals surface area (Å²) in [5.41, 5.74) is 0.381. The van der Waals surface area contributed by atoms with Crippen LogP contribution < -0.4 is 5.32 Å². The highest BCUT2D eigenvalue weighted by Gasteiger charge is 2.54. The number of fused-ring (bicyclic) bond motifs is 1. The van der Waals surface area contributed by atoms with E-state index in [1.807, 2.05) is 30.3 Å². The third kappa shape index (κ3) is 2.15.